The summed E-state index contributed by atoms with van der Waals surface area (Å²) in [5, 5.41) is 3.07. The van der Waals surface area contributed by atoms with Crippen LogP contribution in [0, 0.1) is 0 Å². The first kappa shape index (κ1) is 10.7. The molecule has 3 heteroatoms. The molecule has 0 atom stereocenters. The molecule has 0 fully saturated rings. The van der Waals surface area contributed by atoms with Crippen molar-refractivity contribution in [2.45, 2.75) is 6.92 Å². The Labute approximate surface area is 60.2 Å². The van der Waals surface area contributed by atoms with Crippen LogP contribution >= 0.6 is 28.6 Å². The molecule has 0 amide bonds. The van der Waals surface area contributed by atoms with Gasteiger partial charge in [-0.1, -0.05) is 6.92 Å². The lowest BCUT2D eigenvalue weighted by Crippen LogP contribution is -2.14. The summed E-state index contributed by atoms with van der Waals surface area (Å²) in [6.07, 6.45) is 0. The molecular weight excluding hydrogens is 177 g/mol. The Morgan fingerprint density at radius 1 is 1.57 bits per heavy atom. The van der Waals surface area contributed by atoms with Crippen molar-refractivity contribution in [1.82, 2.24) is 5.32 Å². The highest BCUT2D eigenvalue weighted by Gasteiger charge is 1.73. The fraction of sp³-hybridized carbons (Fsp3) is 1.00. The molecule has 0 bridgehead atoms. The van der Waals surface area contributed by atoms with Crippen molar-refractivity contribution in [1.29, 1.82) is 0 Å². The van der Waals surface area contributed by atoms with Gasteiger partial charge in [0, 0.05) is 12.4 Å². The third-order valence-corrected chi connectivity index (χ3v) is 0.710. The molecule has 0 aromatic carbocycles. The fourth-order valence-corrected chi connectivity index (χ4v) is 0.377. The van der Waals surface area contributed by atoms with Crippen molar-refractivity contribution in [3.63, 3.8) is 0 Å². The van der Waals surface area contributed by atoms with Gasteiger partial charge in [-0.2, -0.15) is 0 Å². The van der Waals surface area contributed by atoms with E-state index in [9.17, 15) is 0 Å². The van der Waals surface area contributed by atoms with E-state index < -0.39 is 0 Å². The molecule has 0 radical (unpaired) electrons. The van der Waals surface area contributed by atoms with Gasteiger partial charge in [0.15, 0.2) is 0 Å². The monoisotopic (exact) mass is 187 g/mol. The van der Waals surface area contributed by atoms with Gasteiger partial charge in [-0.15, -0.1) is 28.6 Å². The van der Waals surface area contributed by atoms with Gasteiger partial charge in [-0.3, -0.25) is 0 Å². The molecule has 1 nitrogen and oxygen atoms in total. The van der Waals surface area contributed by atoms with E-state index >= 15 is 0 Å². The van der Waals surface area contributed by atoms with Gasteiger partial charge in [-0.25, -0.2) is 0 Å². The van der Waals surface area contributed by atoms with Gasteiger partial charge < -0.3 is 5.32 Å². The Morgan fingerprint density at radius 3 is 2.29 bits per heavy atom. The average molecular weight is 188 g/mol. The van der Waals surface area contributed by atoms with Crippen LogP contribution in [0.4, 0.5) is 0 Å². The molecule has 0 aromatic rings. The van der Waals surface area contributed by atoms with Crippen LogP contribution in [-0.2, 0) is 0 Å². The summed E-state index contributed by atoms with van der Waals surface area (Å²) in [6.45, 7) is 4.01. The zero-order valence-corrected chi connectivity index (χ0v) is 6.88. The first-order valence-corrected chi connectivity index (χ1v) is 2.72. The lowest BCUT2D eigenvalue weighted by Gasteiger charge is -1.90. The molecule has 0 saturated heterocycles. The van der Waals surface area contributed by atoms with Crippen LogP contribution in [0.25, 0.3) is 0 Å². The van der Waals surface area contributed by atoms with Crippen LogP contribution in [-0.4, -0.2) is 19.0 Å². The molecule has 0 spiro atoms. The predicted molar refractivity (Wildman–Crippen MR) is 39.6 cm³/mol. The minimum atomic E-state index is 0. The van der Waals surface area contributed by atoms with Crippen molar-refractivity contribution in [2.24, 2.45) is 0 Å². The van der Waals surface area contributed by atoms with E-state index in [2.05, 4.69) is 12.2 Å². The highest BCUT2D eigenvalue weighted by molar-refractivity contribution is 8.93. The van der Waals surface area contributed by atoms with Gasteiger partial charge in [0.1, 0.15) is 0 Å². The second-order valence-electron chi connectivity index (χ2n) is 1.04. The van der Waals surface area contributed by atoms with Crippen LogP contribution in [0.1, 0.15) is 6.92 Å². The standard InChI is InChI=1S/C4H10ClN.BrH/c1-2-6-4-3-5;/h6H,2-4H2,1H3;1H. The van der Waals surface area contributed by atoms with E-state index in [1.54, 1.807) is 0 Å². The average Bonchev–Trinajstić information content (AvgIpc) is 1.61. The Hall–Kier alpha value is 0.730. The zero-order chi connectivity index (χ0) is 4.83. The Morgan fingerprint density at radius 2 is 2.14 bits per heavy atom. The van der Waals surface area contributed by atoms with E-state index in [-0.39, 0.29) is 17.0 Å². The summed E-state index contributed by atoms with van der Waals surface area (Å²) < 4.78 is 0. The second-order valence-corrected chi connectivity index (χ2v) is 1.42. The maximum atomic E-state index is 5.32. The lowest BCUT2D eigenvalue weighted by molar-refractivity contribution is 0.766. The van der Waals surface area contributed by atoms with Crippen molar-refractivity contribution in [3.8, 4) is 0 Å². The maximum Gasteiger partial charge on any atom is 0.0348 e. The molecule has 0 unspecified atom stereocenters. The predicted octanol–water partition coefficient (Wildman–Crippen LogP) is 1.41. The molecule has 7 heavy (non-hydrogen) atoms. The summed E-state index contributed by atoms with van der Waals surface area (Å²) >= 11 is 5.32. The molecule has 0 heterocycles. The molecular formula is C4H11BrClN. The Balaban J connectivity index is 0. The summed E-state index contributed by atoms with van der Waals surface area (Å²) in [4.78, 5) is 0. The van der Waals surface area contributed by atoms with E-state index in [1.807, 2.05) is 0 Å². The van der Waals surface area contributed by atoms with Crippen LogP contribution in [0.3, 0.4) is 0 Å². The summed E-state index contributed by atoms with van der Waals surface area (Å²) in [5.41, 5.74) is 0. The van der Waals surface area contributed by atoms with Crippen LogP contribution in [0.2, 0.25) is 0 Å². The molecule has 0 rings (SSSR count). The summed E-state index contributed by atoms with van der Waals surface area (Å²) in [7, 11) is 0. The number of rotatable bonds is 3. The minimum absolute atomic E-state index is 0. The Kier molecular flexibility index (Phi) is 15.0. The third-order valence-electron chi connectivity index (χ3n) is 0.521. The van der Waals surface area contributed by atoms with E-state index in [1.165, 1.54) is 0 Å². The van der Waals surface area contributed by atoms with Crippen molar-refractivity contribution in [2.75, 3.05) is 19.0 Å². The Bertz CT molecular complexity index is 23.7. The SMILES string of the molecule is Br.CCNCCCl. The molecule has 0 aromatic heterocycles. The molecule has 46 valence electrons. The fourth-order valence-electron chi connectivity index (χ4n) is 0.244. The number of hydrogen-bond donors (Lipinski definition) is 1. The second kappa shape index (κ2) is 9.88. The molecule has 1 N–H and O–H groups in total. The van der Waals surface area contributed by atoms with Gasteiger partial charge in [-0.05, 0) is 6.54 Å². The first-order valence-electron chi connectivity index (χ1n) is 2.18. The normalized spacial score (nSPS) is 7.71. The quantitative estimate of drug-likeness (QED) is 0.522. The smallest absolute Gasteiger partial charge is 0.0348 e. The molecule has 0 aliphatic heterocycles. The van der Waals surface area contributed by atoms with Crippen LogP contribution in [0.15, 0.2) is 0 Å². The van der Waals surface area contributed by atoms with Gasteiger partial charge in [0.2, 0.25) is 0 Å². The zero-order valence-electron chi connectivity index (χ0n) is 4.41. The molecule has 0 aliphatic carbocycles. The minimum Gasteiger partial charge on any atom is -0.316 e. The lowest BCUT2D eigenvalue weighted by atomic mass is 10.7. The largest absolute Gasteiger partial charge is 0.316 e. The van der Waals surface area contributed by atoms with Crippen molar-refractivity contribution >= 4 is 28.6 Å². The van der Waals surface area contributed by atoms with Crippen molar-refractivity contribution in [3.05, 3.63) is 0 Å². The van der Waals surface area contributed by atoms with E-state index in [0.29, 0.717) is 5.88 Å². The highest BCUT2D eigenvalue weighted by Crippen LogP contribution is 1.66. The van der Waals surface area contributed by atoms with Crippen LogP contribution in [0.5, 0.6) is 0 Å². The van der Waals surface area contributed by atoms with E-state index in [0.717, 1.165) is 13.1 Å². The van der Waals surface area contributed by atoms with Gasteiger partial charge in [0.25, 0.3) is 0 Å². The van der Waals surface area contributed by atoms with Crippen LogP contribution < -0.4 is 5.32 Å². The number of nitrogens with one attached hydrogen (secondary N) is 1. The first-order chi connectivity index (χ1) is 2.91. The molecule has 0 saturated carbocycles. The highest BCUT2D eigenvalue weighted by atomic mass is 79.9. The summed E-state index contributed by atoms with van der Waals surface area (Å²) in [6, 6.07) is 0. The molecule has 0 aliphatic rings. The van der Waals surface area contributed by atoms with Gasteiger partial charge >= 0.3 is 0 Å². The van der Waals surface area contributed by atoms with Gasteiger partial charge in [0.05, 0.1) is 0 Å². The van der Waals surface area contributed by atoms with Crippen molar-refractivity contribution < 1.29 is 0 Å². The maximum absolute atomic E-state index is 5.32. The summed E-state index contributed by atoms with van der Waals surface area (Å²) in [5.74, 6) is 0.716. The third kappa shape index (κ3) is 10.8. The topological polar surface area (TPSA) is 12.0 Å². The number of hydrogen-bond acceptors (Lipinski definition) is 1. The number of halogens is 2. The van der Waals surface area contributed by atoms with E-state index in [4.69, 9.17) is 11.6 Å². The number of alkyl halides is 1.